The summed E-state index contributed by atoms with van der Waals surface area (Å²) < 4.78 is 13.4. The van der Waals surface area contributed by atoms with Gasteiger partial charge in [-0.1, -0.05) is 0 Å². The molecule has 22 heavy (non-hydrogen) atoms. The van der Waals surface area contributed by atoms with Gasteiger partial charge >= 0.3 is 5.97 Å². The van der Waals surface area contributed by atoms with Crippen LogP contribution in [0.2, 0.25) is 0 Å². The maximum atomic E-state index is 13.4. The van der Waals surface area contributed by atoms with E-state index in [0.29, 0.717) is 23.9 Å². The predicted octanol–water partition coefficient (Wildman–Crippen LogP) is 2.32. The summed E-state index contributed by atoms with van der Waals surface area (Å²) in [7, 11) is 0. The van der Waals surface area contributed by atoms with Crippen LogP contribution in [-0.2, 0) is 16.0 Å². The van der Waals surface area contributed by atoms with E-state index in [-0.39, 0.29) is 18.1 Å². The molecule has 5 nitrogen and oxygen atoms in total. The van der Waals surface area contributed by atoms with E-state index in [1.807, 2.05) is 0 Å². The molecule has 2 heterocycles. The van der Waals surface area contributed by atoms with Crippen LogP contribution in [0.15, 0.2) is 24.4 Å². The van der Waals surface area contributed by atoms with E-state index in [1.54, 1.807) is 12.3 Å². The van der Waals surface area contributed by atoms with Crippen LogP contribution in [0.3, 0.4) is 0 Å². The molecule has 1 aromatic heterocycles. The van der Waals surface area contributed by atoms with Crippen molar-refractivity contribution in [3.8, 4) is 0 Å². The number of benzene rings is 1. The fraction of sp³-hybridized carbons (Fsp3) is 0.375. The van der Waals surface area contributed by atoms with Crippen molar-refractivity contribution in [2.75, 3.05) is 6.54 Å². The zero-order valence-corrected chi connectivity index (χ0v) is 12.0. The van der Waals surface area contributed by atoms with Crippen LogP contribution >= 0.6 is 0 Å². The number of hydrogen-bond donors (Lipinski definition) is 2. The van der Waals surface area contributed by atoms with Crippen molar-refractivity contribution in [3.63, 3.8) is 0 Å². The minimum atomic E-state index is -0.960. The molecule has 0 spiro atoms. The van der Waals surface area contributed by atoms with Gasteiger partial charge < -0.3 is 15.0 Å². The maximum Gasteiger partial charge on any atom is 0.326 e. The Bertz CT molecular complexity index is 725. The second kappa shape index (κ2) is 5.79. The zero-order chi connectivity index (χ0) is 15.7. The number of amides is 1. The second-order valence-corrected chi connectivity index (χ2v) is 5.62. The van der Waals surface area contributed by atoms with Gasteiger partial charge in [-0.3, -0.25) is 4.79 Å². The number of carbonyl (C=O) groups is 2. The SMILES string of the molecule is O=C(O)C1CCCCN1C(=O)Cc1c[nH]c2ccc(F)cc12. The molecule has 6 heteroatoms. The average molecular weight is 304 g/mol. The smallest absolute Gasteiger partial charge is 0.326 e. The van der Waals surface area contributed by atoms with Gasteiger partial charge in [0.15, 0.2) is 0 Å². The van der Waals surface area contributed by atoms with Crippen LogP contribution in [0, 0.1) is 5.82 Å². The first-order chi connectivity index (χ1) is 10.6. The number of hydrogen-bond acceptors (Lipinski definition) is 2. The average Bonchev–Trinajstić information content (AvgIpc) is 2.89. The van der Waals surface area contributed by atoms with E-state index < -0.39 is 12.0 Å². The van der Waals surface area contributed by atoms with E-state index >= 15 is 0 Å². The Labute approximate surface area is 126 Å². The number of likely N-dealkylation sites (tertiary alicyclic amines) is 1. The molecule has 0 radical (unpaired) electrons. The third kappa shape index (κ3) is 2.68. The number of H-pyrrole nitrogens is 1. The number of halogens is 1. The number of aromatic amines is 1. The number of rotatable bonds is 3. The van der Waals surface area contributed by atoms with Gasteiger partial charge in [0.2, 0.25) is 5.91 Å². The van der Waals surface area contributed by atoms with Gasteiger partial charge in [-0.2, -0.15) is 0 Å². The lowest BCUT2D eigenvalue weighted by atomic mass is 10.0. The Morgan fingerprint density at radius 3 is 2.95 bits per heavy atom. The molecule has 0 bridgehead atoms. The number of carbonyl (C=O) groups excluding carboxylic acids is 1. The monoisotopic (exact) mass is 304 g/mol. The summed E-state index contributed by atoms with van der Waals surface area (Å²) in [6, 6.07) is 3.62. The Hall–Kier alpha value is -2.37. The molecule has 1 aliphatic heterocycles. The lowest BCUT2D eigenvalue weighted by molar-refractivity contribution is -0.151. The quantitative estimate of drug-likeness (QED) is 0.914. The highest BCUT2D eigenvalue weighted by Gasteiger charge is 2.31. The van der Waals surface area contributed by atoms with Gasteiger partial charge in [-0.05, 0) is 43.0 Å². The Morgan fingerprint density at radius 1 is 1.36 bits per heavy atom. The van der Waals surface area contributed by atoms with Gasteiger partial charge in [0, 0.05) is 23.6 Å². The lowest BCUT2D eigenvalue weighted by Crippen LogP contribution is -2.48. The van der Waals surface area contributed by atoms with Crippen LogP contribution in [0.25, 0.3) is 10.9 Å². The van der Waals surface area contributed by atoms with E-state index in [1.165, 1.54) is 17.0 Å². The molecule has 1 atom stereocenters. The minimum Gasteiger partial charge on any atom is -0.480 e. The Morgan fingerprint density at radius 2 is 2.18 bits per heavy atom. The number of aliphatic carboxylic acids is 1. The van der Waals surface area contributed by atoms with Crippen molar-refractivity contribution in [1.82, 2.24) is 9.88 Å². The van der Waals surface area contributed by atoms with Crippen molar-refractivity contribution in [2.24, 2.45) is 0 Å². The Balaban J connectivity index is 1.83. The molecule has 116 valence electrons. The van der Waals surface area contributed by atoms with Crippen molar-refractivity contribution in [3.05, 3.63) is 35.8 Å². The van der Waals surface area contributed by atoms with Gasteiger partial charge in [-0.25, -0.2) is 9.18 Å². The van der Waals surface area contributed by atoms with Crippen LogP contribution in [0.4, 0.5) is 4.39 Å². The van der Waals surface area contributed by atoms with Crippen molar-refractivity contribution < 1.29 is 19.1 Å². The summed E-state index contributed by atoms with van der Waals surface area (Å²) in [6.45, 7) is 0.465. The first-order valence-electron chi connectivity index (χ1n) is 7.34. The number of piperidine rings is 1. The van der Waals surface area contributed by atoms with Crippen LogP contribution in [0.5, 0.6) is 0 Å². The minimum absolute atomic E-state index is 0.0766. The first kappa shape index (κ1) is 14.6. The number of carboxylic acids is 1. The first-order valence-corrected chi connectivity index (χ1v) is 7.34. The number of nitrogens with one attached hydrogen (secondary N) is 1. The summed E-state index contributed by atoms with van der Waals surface area (Å²) in [6.07, 6.45) is 3.88. The Kier molecular flexibility index (Phi) is 3.83. The molecular weight excluding hydrogens is 287 g/mol. The molecule has 0 aliphatic carbocycles. The normalized spacial score (nSPS) is 18.6. The van der Waals surface area contributed by atoms with Crippen molar-refractivity contribution >= 4 is 22.8 Å². The molecule has 0 saturated carbocycles. The number of nitrogens with zero attached hydrogens (tertiary/aromatic N) is 1. The van der Waals surface area contributed by atoms with Gasteiger partial charge in [-0.15, -0.1) is 0 Å². The van der Waals surface area contributed by atoms with E-state index in [2.05, 4.69) is 4.98 Å². The number of carboxylic acid groups (broad SMARTS) is 1. The highest BCUT2D eigenvalue weighted by molar-refractivity contribution is 5.90. The third-order valence-electron chi connectivity index (χ3n) is 4.18. The van der Waals surface area contributed by atoms with Crippen molar-refractivity contribution in [1.29, 1.82) is 0 Å². The maximum absolute atomic E-state index is 13.4. The van der Waals surface area contributed by atoms with Crippen LogP contribution in [-0.4, -0.2) is 39.5 Å². The summed E-state index contributed by atoms with van der Waals surface area (Å²) in [4.78, 5) is 28.2. The number of aromatic nitrogens is 1. The summed E-state index contributed by atoms with van der Waals surface area (Å²) in [5.74, 6) is -1.54. The van der Waals surface area contributed by atoms with E-state index in [9.17, 15) is 19.1 Å². The molecule has 3 rings (SSSR count). The third-order valence-corrected chi connectivity index (χ3v) is 4.18. The highest BCUT2D eigenvalue weighted by atomic mass is 19.1. The molecular formula is C16H17FN2O3. The zero-order valence-electron chi connectivity index (χ0n) is 12.0. The topological polar surface area (TPSA) is 73.4 Å². The van der Waals surface area contributed by atoms with Gasteiger partial charge in [0.05, 0.1) is 6.42 Å². The van der Waals surface area contributed by atoms with Crippen molar-refractivity contribution in [2.45, 2.75) is 31.7 Å². The van der Waals surface area contributed by atoms with E-state index in [0.717, 1.165) is 18.4 Å². The molecule has 1 fully saturated rings. The molecule has 1 saturated heterocycles. The molecule has 2 aromatic rings. The summed E-state index contributed by atoms with van der Waals surface area (Å²) >= 11 is 0. The lowest BCUT2D eigenvalue weighted by Gasteiger charge is -2.33. The number of fused-ring (bicyclic) bond motifs is 1. The fourth-order valence-electron chi connectivity index (χ4n) is 3.05. The van der Waals surface area contributed by atoms with Gasteiger partial charge in [0.25, 0.3) is 0 Å². The summed E-state index contributed by atoms with van der Waals surface area (Å²) in [5, 5.41) is 9.91. The standard InChI is InChI=1S/C16H17FN2O3/c17-11-4-5-13-12(8-11)10(9-18-13)7-15(20)19-6-2-1-3-14(19)16(21)22/h4-5,8-9,14,18H,1-3,6-7H2,(H,21,22). The molecule has 1 aliphatic rings. The molecule has 1 aromatic carbocycles. The van der Waals surface area contributed by atoms with Gasteiger partial charge in [0.1, 0.15) is 11.9 Å². The summed E-state index contributed by atoms with van der Waals surface area (Å²) in [5.41, 5.74) is 1.45. The van der Waals surface area contributed by atoms with Crippen LogP contribution in [0.1, 0.15) is 24.8 Å². The fourth-order valence-corrected chi connectivity index (χ4v) is 3.05. The molecule has 2 N–H and O–H groups in total. The largest absolute Gasteiger partial charge is 0.480 e. The second-order valence-electron chi connectivity index (χ2n) is 5.62. The highest BCUT2D eigenvalue weighted by Crippen LogP contribution is 2.23. The molecule has 1 unspecified atom stereocenters. The molecule has 1 amide bonds. The van der Waals surface area contributed by atoms with E-state index in [4.69, 9.17) is 0 Å². The predicted molar refractivity (Wildman–Crippen MR) is 78.9 cm³/mol. The van der Waals surface area contributed by atoms with Crippen LogP contribution < -0.4 is 0 Å².